The van der Waals surface area contributed by atoms with Gasteiger partial charge in [-0.15, -0.1) is 0 Å². The molecule has 0 fully saturated rings. The summed E-state index contributed by atoms with van der Waals surface area (Å²) >= 11 is 0. The van der Waals surface area contributed by atoms with E-state index in [1.807, 2.05) is 0 Å². The molecule has 0 aromatic rings. The highest BCUT2D eigenvalue weighted by atomic mass is 16.3. The predicted molar refractivity (Wildman–Crippen MR) is 106 cm³/mol. The Labute approximate surface area is 152 Å². The summed E-state index contributed by atoms with van der Waals surface area (Å²) in [7, 11) is 0. The fourth-order valence-electron chi connectivity index (χ4n) is 3.37. The van der Waals surface area contributed by atoms with Gasteiger partial charge in [0, 0.05) is 6.61 Å². The molecule has 2 nitrogen and oxygen atoms in total. The first-order valence-corrected chi connectivity index (χ1v) is 11.1. The highest BCUT2D eigenvalue weighted by Crippen LogP contribution is 2.15. The van der Waals surface area contributed by atoms with Crippen LogP contribution in [0.1, 0.15) is 129 Å². The molecule has 0 heterocycles. The van der Waals surface area contributed by atoms with E-state index in [0.717, 1.165) is 19.3 Å². The molecular weight excluding hydrogens is 296 g/mol. The highest BCUT2D eigenvalue weighted by molar-refractivity contribution is 4.56. The molecule has 1 atom stereocenters. The van der Waals surface area contributed by atoms with Crippen LogP contribution in [0.4, 0.5) is 0 Å². The Kier molecular flexibility index (Phi) is 20.9. The summed E-state index contributed by atoms with van der Waals surface area (Å²) in [5.41, 5.74) is 0. The van der Waals surface area contributed by atoms with E-state index >= 15 is 0 Å². The maximum absolute atomic E-state index is 9.79. The molecule has 0 aliphatic heterocycles. The second-order valence-corrected chi connectivity index (χ2v) is 7.61. The third-order valence-electron chi connectivity index (χ3n) is 5.09. The summed E-state index contributed by atoms with van der Waals surface area (Å²) in [5, 5.41) is 18.5. The van der Waals surface area contributed by atoms with Gasteiger partial charge in [0.1, 0.15) is 0 Å². The van der Waals surface area contributed by atoms with Gasteiger partial charge in [0.15, 0.2) is 0 Å². The molecule has 2 N–H and O–H groups in total. The van der Waals surface area contributed by atoms with Gasteiger partial charge in [0.05, 0.1) is 6.10 Å². The number of unbranched alkanes of at least 4 members (excludes halogenated alkanes) is 15. The molecule has 0 rings (SSSR count). The Balaban J connectivity index is 3.02. The van der Waals surface area contributed by atoms with Crippen molar-refractivity contribution in [2.24, 2.45) is 0 Å². The molecule has 0 spiro atoms. The summed E-state index contributed by atoms with van der Waals surface area (Å²) in [4.78, 5) is 0. The zero-order valence-electron chi connectivity index (χ0n) is 16.6. The van der Waals surface area contributed by atoms with Crippen LogP contribution < -0.4 is 0 Å². The first-order chi connectivity index (χ1) is 11.8. The maximum Gasteiger partial charge on any atom is 0.0540 e. The van der Waals surface area contributed by atoms with E-state index < -0.39 is 0 Å². The van der Waals surface area contributed by atoms with Crippen molar-refractivity contribution < 1.29 is 10.2 Å². The number of hydrogen-bond acceptors (Lipinski definition) is 2. The van der Waals surface area contributed by atoms with Crippen molar-refractivity contribution in [2.45, 2.75) is 135 Å². The van der Waals surface area contributed by atoms with Crippen molar-refractivity contribution in [3.05, 3.63) is 0 Å². The van der Waals surface area contributed by atoms with Crippen molar-refractivity contribution in [2.75, 3.05) is 6.61 Å². The standard InChI is InChI=1S/C22H46O2/c1-2-3-19-22(24)20-17-15-13-11-9-7-5-4-6-8-10-12-14-16-18-21-23/h22-24H,2-21H2,1H3. The smallest absolute Gasteiger partial charge is 0.0540 e. The molecule has 0 aromatic carbocycles. The average molecular weight is 343 g/mol. The van der Waals surface area contributed by atoms with Gasteiger partial charge in [0.2, 0.25) is 0 Å². The number of rotatable bonds is 20. The number of hydrogen-bond donors (Lipinski definition) is 2. The Morgan fingerprint density at radius 1 is 0.500 bits per heavy atom. The molecule has 0 aliphatic carbocycles. The number of aliphatic hydroxyl groups is 2. The van der Waals surface area contributed by atoms with E-state index in [1.165, 1.54) is 103 Å². The summed E-state index contributed by atoms with van der Waals surface area (Å²) in [5.74, 6) is 0. The van der Waals surface area contributed by atoms with Crippen molar-refractivity contribution in [3.63, 3.8) is 0 Å². The molecule has 2 heteroatoms. The van der Waals surface area contributed by atoms with Crippen LogP contribution in [0.3, 0.4) is 0 Å². The van der Waals surface area contributed by atoms with Crippen LogP contribution in [0, 0.1) is 0 Å². The quantitative estimate of drug-likeness (QED) is 0.240. The van der Waals surface area contributed by atoms with Gasteiger partial charge in [-0.1, -0.05) is 110 Å². The Bertz CT molecular complexity index is 218. The fourth-order valence-corrected chi connectivity index (χ4v) is 3.37. The SMILES string of the molecule is CCCCC(O)CCCCCCCCCCCCCCCCCO. The summed E-state index contributed by atoms with van der Waals surface area (Å²) in [6.45, 7) is 2.55. The topological polar surface area (TPSA) is 40.5 Å². The lowest BCUT2D eigenvalue weighted by Gasteiger charge is -2.09. The van der Waals surface area contributed by atoms with Gasteiger partial charge < -0.3 is 10.2 Å². The van der Waals surface area contributed by atoms with E-state index in [-0.39, 0.29) is 6.10 Å². The fraction of sp³-hybridized carbons (Fsp3) is 1.00. The Hall–Kier alpha value is -0.0800. The molecule has 0 bridgehead atoms. The van der Waals surface area contributed by atoms with E-state index in [1.54, 1.807) is 0 Å². The van der Waals surface area contributed by atoms with Crippen LogP contribution in [-0.4, -0.2) is 22.9 Å². The van der Waals surface area contributed by atoms with Crippen molar-refractivity contribution in [3.8, 4) is 0 Å². The minimum absolute atomic E-state index is 0.0420. The van der Waals surface area contributed by atoms with Gasteiger partial charge in [-0.05, 0) is 19.3 Å². The molecule has 1 unspecified atom stereocenters. The number of aliphatic hydroxyl groups excluding tert-OH is 2. The maximum atomic E-state index is 9.79. The minimum atomic E-state index is -0.0420. The van der Waals surface area contributed by atoms with E-state index in [0.29, 0.717) is 6.61 Å². The van der Waals surface area contributed by atoms with Crippen LogP contribution in [0.2, 0.25) is 0 Å². The van der Waals surface area contributed by atoms with Gasteiger partial charge in [-0.25, -0.2) is 0 Å². The second kappa shape index (κ2) is 21.0. The Morgan fingerprint density at radius 3 is 1.21 bits per heavy atom. The van der Waals surface area contributed by atoms with E-state index in [9.17, 15) is 5.11 Å². The molecule has 0 aliphatic rings. The molecule has 24 heavy (non-hydrogen) atoms. The molecular formula is C22H46O2. The van der Waals surface area contributed by atoms with Crippen molar-refractivity contribution in [1.82, 2.24) is 0 Å². The van der Waals surface area contributed by atoms with Crippen molar-refractivity contribution in [1.29, 1.82) is 0 Å². The lowest BCUT2D eigenvalue weighted by Crippen LogP contribution is -2.05. The summed E-state index contributed by atoms with van der Waals surface area (Å²) < 4.78 is 0. The molecule has 0 saturated carbocycles. The van der Waals surface area contributed by atoms with E-state index in [2.05, 4.69) is 6.92 Å². The van der Waals surface area contributed by atoms with Crippen LogP contribution in [-0.2, 0) is 0 Å². The first-order valence-electron chi connectivity index (χ1n) is 11.1. The molecule has 0 amide bonds. The lowest BCUT2D eigenvalue weighted by molar-refractivity contribution is 0.148. The van der Waals surface area contributed by atoms with Gasteiger partial charge >= 0.3 is 0 Å². The normalized spacial score (nSPS) is 12.6. The van der Waals surface area contributed by atoms with Crippen LogP contribution in [0.5, 0.6) is 0 Å². The second-order valence-electron chi connectivity index (χ2n) is 7.61. The summed E-state index contributed by atoms with van der Waals surface area (Å²) in [6.07, 6.45) is 24.3. The Morgan fingerprint density at radius 2 is 0.833 bits per heavy atom. The van der Waals surface area contributed by atoms with Gasteiger partial charge in [-0.3, -0.25) is 0 Å². The van der Waals surface area contributed by atoms with E-state index in [4.69, 9.17) is 5.11 Å². The molecule has 0 saturated heterocycles. The zero-order chi connectivity index (χ0) is 17.7. The third kappa shape index (κ3) is 20.0. The predicted octanol–water partition coefficient (Wildman–Crippen LogP) is 6.77. The lowest BCUT2D eigenvalue weighted by atomic mass is 10.0. The van der Waals surface area contributed by atoms with Crippen LogP contribution >= 0.6 is 0 Å². The van der Waals surface area contributed by atoms with Gasteiger partial charge in [-0.2, -0.15) is 0 Å². The zero-order valence-corrected chi connectivity index (χ0v) is 16.6. The van der Waals surface area contributed by atoms with Crippen LogP contribution in [0.15, 0.2) is 0 Å². The molecule has 0 aromatic heterocycles. The molecule has 146 valence electrons. The third-order valence-corrected chi connectivity index (χ3v) is 5.09. The van der Waals surface area contributed by atoms with Crippen LogP contribution in [0.25, 0.3) is 0 Å². The first kappa shape index (κ1) is 23.9. The average Bonchev–Trinajstić information content (AvgIpc) is 2.59. The highest BCUT2D eigenvalue weighted by Gasteiger charge is 2.02. The molecule has 0 radical (unpaired) electrons. The van der Waals surface area contributed by atoms with Crippen molar-refractivity contribution >= 4 is 0 Å². The largest absolute Gasteiger partial charge is 0.396 e. The summed E-state index contributed by atoms with van der Waals surface area (Å²) in [6, 6.07) is 0. The monoisotopic (exact) mass is 342 g/mol. The van der Waals surface area contributed by atoms with Gasteiger partial charge in [0.25, 0.3) is 0 Å². The minimum Gasteiger partial charge on any atom is -0.396 e.